The predicted molar refractivity (Wildman–Crippen MR) is 120 cm³/mol. The number of amides is 1. The van der Waals surface area contributed by atoms with E-state index in [4.69, 9.17) is 9.26 Å². The van der Waals surface area contributed by atoms with Crippen molar-refractivity contribution in [3.8, 4) is 0 Å². The molecule has 1 N–H and O–H groups in total. The van der Waals surface area contributed by atoms with Crippen molar-refractivity contribution in [2.75, 3.05) is 5.32 Å². The molecule has 3 aromatic carbocycles. The summed E-state index contributed by atoms with van der Waals surface area (Å²) in [6, 6.07) is 29.2. The number of hydrogen-bond acceptors (Lipinski definition) is 5. The highest BCUT2D eigenvalue weighted by Gasteiger charge is 2.31. The van der Waals surface area contributed by atoms with E-state index in [1.165, 1.54) is 0 Å². The number of aryl methyl sites for hydroxylation is 1. The van der Waals surface area contributed by atoms with Crippen LogP contribution in [0.1, 0.15) is 34.5 Å². The molecule has 0 saturated heterocycles. The van der Waals surface area contributed by atoms with Crippen LogP contribution in [-0.4, -0.2) is 17.0 Å². The fourth-order valence-corrected chi connectivity index (χ4v) is 3.46. The van der Waals surface area contributed by atoms with Crippen LogP contribution in [0.3, 0.4) is 0 Å². The van der Waals surface area contributed by atoms with Crippen molar-refractivity contribution < 1.29 is 18.8 Å². The Morgan fingerprint density at radius 2 is 1.31 bits per heavy atom. The van der Waals surface area contributed by atoms with Crippen LogP contribution in [0.5, 0.6) is 0 Å². The van der Waals surface area contributed by atoms with Crippen LogP contribution in [-0.2, 0) is 14.3 Å². The van der Waals surface area contributed by atoms with Gasteiger partial charge in [0.2, 0.25) is 6.10 Å². The van der Waals surface area contributed by atoms with Gasteiger partial charge in [0.25, 0.3) is 5.91 Å². The van der Waals surface area contributed by atoms with E-state index in [2.05, 4.69) is 10.5 Å². The number of carbonyl (C=O) groups excluding carboxylic acids is 2. The van der Waals surface area contributed by atoms with Crippen molar-refractivity contribution >= 4 is 17.7 Å². The summed E-state index contributed by atoms with van der Waals surface area (Å²) in [5.74, 6) is -0.903. The molecule has 1 aromatic heterocycles. The molecule has 0 aliphatic rings. The highest BCUT2D eigenvalue weighted by Crippen LogP contribution is 2.29. The fourth-order valence-electron chi connectivity index (χ4n) is 3.46. The topological polar surface area (TPSA) is 81.4 Å². The molecule has 0 aliphatic carbocycles. The molecule has 1 heterocycles. The SMILES string of the molecule is Cc1cc(NC(=O)[C@@H](OC(=O)C(c2ccccc2)c2ccccc2)c2ccccc2)no1. The molecular formula is C26H22N2O4. The molecule has 1 atom stereocenters. The van der Waals surface area contributed by atoms with Crippen LogP contribution in [0.2, 0.25) is 0 Å². The summed E-state index contributed by atoms with van der Waals surface area (Å²) < 4.78 is 10.9. The lowest BCUT2D eigenvalue weighted by atomic mass is 9.91. The van der Waals surface area contributed by atoms with Gasteiger partial charge in [0.1, 0.15) is 11.7 Å². The van der Waals surface area contributed by atoms with Gasteiger partial charge in [-0.25, -0.2) is 0 Å². The Morgan fingerprint density at radius 1 is 0.812 bits per heavy atom. The lowest BCUT2D eigenvalue weighted by Crippen LogP contribution is -2.28. The summed E-state index contributed by atoms with van der Waals surface area (Å²) in [4.78, 5) is 26.5. The van der Waals surface area contributed by atoms with Gasteiger partial charge in [-0.2, -0.15) is 0 Å². The van der Waals surface area contributed by atoms with Gasteiger partial charge in [-0.3, -0.25) is 9.59 Å². The van der Waals surface area contributed by atoms with Crippen molar-refractivity contribution in [1.82, 2.24) is 5.16 Å². The molecule has 0 unspecified atom stereocenters. The van der Waals surface area contributed by atoms with Crippen LogP contribution in [0.15, 0.2) is 102 Å². The molecule has 6 heteroatoms. The van der Waals surface area contributed by atoms with E-state index in [0.717, 1.165) is 11.1 Å². The summed E-state index contributed by atoms with van der Waals surface area (Å²) in [5, 5.41) is 6.46. The molecule has 1 amide bonds. The number of anilines is 1. The Morgan fingerprint density at radius 3 is 1.78 bits per heavy atom. The molecule has 0 aliphatic heterocycles. The van der Waals surface area contributed by atoms with Gasteiger partial charge in [0.05, 0.1) is 0 Å². The van der Waals surface area contributed by atoms with Crippen molar-refractivity contribution in [3.63, 3.8) is 0 Å². The third-order valence-corrected chi connectivity index (χ3v) is 4.96. The van der Waals surface area contributed by atoms with Gasteiger partial charge in [0.15, 0.2) is 5.82 Å². The zero-order valence-electron chi connectivity index (χ0n) is 17.5. The Kier molecular flexibility index (Phi) is 6.41. The second kappa shape index (κ2) is 9.75. The van der Waals surface area contributed by atoms with Crippen LogP contribution in [0.25, 0.3) is 0 Å². The maximum absolute atomic E-state index is 13.5. The summed E-state index contributed by atoms with van der Waals surface area (Å²) in [6.07, 6.45) is -1.16. The number of esters is 1. The molecule has 0 radical (unpaired) electrons. The number of hydrogen-bond donors (Lipinski definition) is 1. The van der Waals surface area contributed by atoms with Gasteiger partial charge in [-0.05, 0) is 18.1 Å². The van der Waals surface area contributed by atoms with Gasteiger partial charge in [-0.15, -0.1) is 0 Å². The second-order valence-electron chi connectivity index (χ2n) is 7.29. The number of aromatic nitrogens is 1. The average Bonchev–Trinajstić information content (AvgIpc) is 3.24. The smallest absolute Gasteiger partial charge is 0.319 e. The minimum Gasteiger partial charge on any atom is -0.447 e. The molecule has 0 spiro atoms. The Balaban J connectivity index is 1.65. The van der Waals surface area contributed by atoms with E-state index in [1.54, 1.807) is 37.3 Å². The molecule has 6 nitrogen and oxygen atoms in total. The number of benzene rings is 3. The molecule has 160 valence electrons. The van der Waals surface area contributed by atoms with Crippen LogP contribution >= 0.6 is 0 Å². The van der Waals surface area contributed by atoms with E-state index >= 15 is 0 Å². The van der Waals surface area contributed by atoms with E-state index in [0.29, 0.717) is 11.3 Å². The second-order valence-corrected chi connectivity index (χ2v) is 7.29. The molecule has 4 rings (SSSR count). The summed E-state index contributed by atoms with van der Waals surface area (Å²) in [7, 11) is 0. The first kappa shape index (κ1) is 21.1. The first-order valence-corrected chi connectivity index (χ1v) is 10.2. The molecular weight excluding hydrogens is 404 g/mol. The lowest BCUT2D eigenvalue weighted by Gasteiger charge is -2.22. The summed E-state index contributed by atoms with van der Waals surface area (Å²) in [6.45, 7) is 1.72. The standard InChI is InChI=1S/C26H22N2O4/c1-18-17-22(28-32-18)27-25(29)24(21-15-9-4-10-16-21)31-26(30)23(19-11-5-2-6-12-19)20-13-7-3-8-14-20/h2-17,23-24H,1H3,(H,27,28,29)/t24-/m0/s1. The minimum absolute atomic E-state index is 0.257. The van der Waals surface area contributed by atoms with Crippen molar-refractivity contribution in [3.05, 3.63) is 120 Å². The lowest BCUT2D eigenvalue weighted by molar-refractivity contribution is -0.155. The summed E-state index contributed by atoms with van der Waals surface area (Å²) in [5.41, 5.74) is 2.12. The first-order chi connectivity index (χ1) is 15.6. The number of nitrogens with zero attached hydrogens (tertiary/aromatic N) is 1. The van der Waals surface area contributed by atoms with Gasteiger partial charge in [0, 0.05) is 11.6 Å². The number of rotatable bonds is 7. The zero-order valence-corrected chi connectivity index (χ0v) is 17.5. The van der Waals surface area contributed by atoms with Crippen molar-refractivity contribution in [2.45, 2.75) is 18.9 Å². The van der Waals surface area contributed by atoms with Crippen LogP contribution in [0, 0.1) is 6.92 Å². The molecule has 0 fully saturated rings. The highest BCUT2D eigenvalue weighted by atomic mass is 16.5. The number of ether oxygens (including phenoxy) is 1. The summed E-state index contributed by atoms with van der Waals surface area (Å²) >= 11 is 0. The van der Waals surface area contributed by atoms with Gasteiger partial charge >= 0.3 is 5.97 Å². The normalized spacial score (nSPS) is 11.7. The van der Waals surface area contributed by atoms with Crippen LogP contribution < -0.4 is 5.32 Å². The van der Waals surface area contributed by atoms with Crippen molar-refractivity contribution in [1.29, 1.82) is 0 Å². The molecule has 0 bridgehead atoms. The number of nitrogens with one attached hydrogen (secondary N) is 1. The van der Waals surface area contributed by atoms with E-state index in [-0.39, 0.29) is 5.82 Å². The quantitative estimate of drug-likeness (QED) is 0.419. The van der Waals surface area contributed by atoms with E-state index < -0.39 is 23.9 Å². The average molecular weight is 426 g/mol. The third kappa shape index (κ3) is 4.92. The van der Waals surface area contributed by atoms with Crippen LogP contribution in [0.4, 0.5) is 5.82 Å². The monoisotopic (exact) mass is 426 g/mol. The highest BCUT2D eigenvalue weighted by molar-refractivity contribution is 5.96. The Hall–Kier alpha value is -4.19. The zero-order chi connectivity index (χ0) is 22.3. The van der Waals surface area contributed by atoms with E-state index in [1.807, 2.05) is 66.7 Å². The fraction of sp³-hybridized carbons (Fsp3) is 0.115. The van der Waals surface area contributed by atoms with Gasteiger partial charge < -0.3 is 14.6 Å². The first-order valence-electron chi connectivity index (χ1n) is 10.2. The van der Waals surface area contributed by atoms with Gasteiger partial charge in [-0.1, -0.05) is 96.2 Å². The maximum atomic E-state index is 13.5. The molecule has 0 saturated carbocycles. The predicted octanol–water partition coefficient (Wildman–Crippen LogP) is 5.04. The molecule has 4 aromatic rings. The third-order valence-electron chi connectivity index (χ3n) is 4.96. The Bertz CT molecular complexity index is 1130. The number of carbonyl (C=O) groups is 2. The maximum Gasteiger partial charge on any atom is 0.319 e. The Labute approximate surface area is 185 Å². The molecule has 32 heavy (non-hydrogen) atoms. The van der Waals surface area contributed by atoms with Crippen molar-refractivity contribution in [2.24, 2.45) is 0 Å². The largest absolute Gasteiger partial charge is 0.447 e. The minimum atomic E-state index is -1.16. The van der Waals surface area contributed by atoms with E-state index in [9.17, 15) is 9.59 Å².